The molecule has 1 saturated carbocycles. The lowest BCUT2D eigenvalue weighted by Gasteiger charge is -1.94. The van der Waals surface area contributed by atoms with E-state index >= 15 is 0 Å². The van der Waals surface area contributed by atoms with Crippen LogP contribution in [-0.2, 0) is 4.79 Å². The largest absolute Gasteiger partial charge is 0.478 e. The quantitative estimate of drug-likeness (QED) is 0.607. The molecule has 1 aliphatic rings. The van der Waals surface area contributed by atoms with Crippen LogP contribution in [0.3, 0.4) is 0 Å². The molecule has 2 nitrogen and oxygen atoms in total. The van der Waals surface area contributed by atoms with Crippen LogP contribution < -0.4 is 0 Å². The maximum atomic E-state index is 10.4. The second-order valence-electron chi connectivity index (χ2n) is 2.69. The first-order valence-corrected chi connectivity index (χ1v) is 3.68. The Balaban J connectivity index is 2.52. The lowest BCUT2D eigenvalue weighted by molar-refractivity contribution is -0.132. The van der Waals surface area contributed by atoms with Crippen LogP contribution in [0.2, 0.25) is 0 Å². The van der Waals surface area contributed by atoms with Crippen molar-refractivity contribution in [2.75, 3.05) is 0 Å². The fourth-order valence-corrected chi connectivity index (χ4v) is 0.888. The summed E-state index contributed by atoms with van der Waals surface area (Å²) in [6, 6.07) is 0. The topological polar surface area (TPSA) is 37.3 Å². The van der Waals surface area contributed by atoms with Gasteiger partial charge in [-0.1, -0.05) is 13.0 Å². The van der Waals surface area contributed by atoms with Crippen molar-refractivity contribution in [3.8, 4) is 0 Å². The van der Waals surface area contributed by atoms with Gasteiger partial charge in [0, 0.05) is 5.57 Å². The van der Waals surface area contributed by atoms with Crippen molar-refractivity contribution in [3.63, 3.8) is 0 Å². The molecule has 2 heteroatoms. The van der Waals surface area contributed by atoms with Gasteiger partial charge in [0.25, 0.3) is 0 Å². The summed E-state index contributed by atoms with van der Waals surface area (Å²) in [6.07, 6.45) is 4.89. The molecule has 0 aromatic heterocycles. The van der Waals surface area contributed by atoms with Crippen LogP contribution in [0.4, 0.5) is 0 Å². The van der Waals surface area contributed by atoms with E-state index < -0.39 is 5.97 Å². The van der Waals surface area contributed by atoms with E-state index in [1.807, 2.05) is 13.0 Å². The van der Waals surface area contributed by atoms with Crippen molar-refractivity contribution >= 4 is 5.97 Å². The van der Waals surface area contributed by atoms with Crippen LogP contribution in [0.5, 0.6) is 0 Å². The molecular weight excluding hydrogens is 128 g/mol. The van der Waals surface area contributed by atoms with E-state index in [0.717, 1.165) is 0 Å². The summed E-state index contributed by atoms with van der Waals surface area (Å²) in [5.74, 6) is -0.180. The molecule has 0 unspecified atom stereocenters. The van der Waals surface area contributed by atoms with Gasteiger partial charge in [0.2, 0.25) is 0 Å². The minimum Gasteiger partial charge on any atom is -0.478 e. The van der Waals surface area contributed by atoms with E-state index in [0.29, 0.717) is 17.9 Å². The highest BCUT2D eigenvalue weighted by molar-refractivity contribution is 5.86. The van der Waals surface area contributed by atoms with Gasteiger partial charge in [-0.15, -0.1) is 0 Å². The second kappa shape index (κ2) is 2.86. The van der Waals surface area contributed by atoms with Gasteiger partial charge in [-0.05, 0) is 25.2 Å². The third kappa shape index (κ3) is 1.87. The van der Waals surface area contributed by atoms with E-state index in [9.17, 15) is 4.79 Å². The van der Waals surface area contributed by atoms with Gasteiger partial charge < -0.3 is 5.11 Å². The molecule has 0 bridgehead atoms. The first-order valence-electron chi connectivity index (χ1n) is 3.68. The van der Waals surface area contributed by atoms with E-state index in [4.69, 9.17) is 5.11 Å². The van der Waals surface area contributed by atoms with Crippen molar-refractivity contribution < 1.29 is 9.90 Å². The normalized spacial score (nSPS) is 19.1. The Hall–Kier alpha value is -0.790. The highest BCUT2D eigenvalue weighted by Gasteiger charge is 2.20. The van der Waals surface area contributed by atoms with Gasteiger partial charge in [0.15, 0.2) is 0 Å². The lowest BCUT2D eigenvalue weighted by Crippen LogP contribution is -1.99. The molecule has 0 radical (unpaired) electrons. The third-order valence-electron chi connectivity index (χ3n) is 1.71. The highest BCUT2D eigenvalue weighted by atomic mass is 16.4. The zero-order valence-corrected chi connectivity index (χ0v) is 6.13. The number of carbonyl (C=O) groups is 1. The molecule has 1 aliphatic carbocycles. The number of hydrogen-bond donors (Lipinski definition) is 1. The van der Waals surface area contributed by atoms with E-state index in [-0.39, 0.29) is 0 Å². The molecule has 56 valence electrons. The minimum atomic E-state index is -0.755. The molecule has 0 aromatic rings. The fourth-order valence-electron chi connectivity index (χ4n) is 0.888. The van der Waals surface area contributed by atoms with Crippen LogP contribution in [0.15, 0.2) is 11.6 Å². The van der Waals surface area contributed by atoms with Crippen LogP contribution in [0.25, 0.3) is 0 Å². The van der Waals surface area contributed by atoms with Crippen molar-refractivity contribution in [3.05, 3.63) is 11.6 Å². The lowest BCUT2D eigenvalue weighted by atomic mass is 10.1. The zero-order valence-electron chi connectivity index (χ0n) is 6.13. The Labute approximate surface area is 60.6 Å². The van der Waals surface area contributed by atoms with Crippen LogP contribution in [0.1, 0.15) is 26.2 Å². The van der Waals surface area contributed by atoms with Crippen LogP contribution >= 0.6 is 0 Å². The summed E-state index contributed by atoms with van der Waals surface area (Å²) in [6.45, 7) is 1.88. The minimum absolute atomic E-state index is 0.572. The highest BCUT2D eigenvalue weighted by Crippen LogP contribution is 2.31. The van der Waals surface area contributed by atoms with E-state index in [2.05, 4.69) is 0 Å². The van der Waals surface area contributed by atoms with Gasteiger partial charge in [-0.3, -0.25) is 0 Å². The van der Waals surface area contributed by atoms with Crippen molar-refractivity contribution in [1.29, 1.82) is 0 Å². The molecule has 0 amide bonds. The summed E-state index contributed by atoms with van der Waals surface area (Å²) in [5.41, 5.74) is 0.572. The molecule has 1 N–H and O–H groups in total. The predicted molar refractivity (Wildman–Crippen MR) is 38.7 cm³/mol. The summed E-state index contributed by atoms with van der Waals surface area (Å²) in [5, 5.41) is 8.58. The standard InChI is InChI=1S/C8H12O2/c1-2-7(8(9)10)5-6-3-4-6/h5-6H,2-4H2,1H3,(H,9,10). The van der Waals surface area contributed by atoms with Gasteiger partial charge in [0.05, 0.1) is 0 Å². The Morgan fingerprint density at radius 3 is 2.60 bits per heavy atom. The Kier molecular flexibility index (Phi) is 2.10. The van der Waals surface area contributed by atoms with Gasteiger partial charge >= 0.3 is 5.97 Å². The van der Waals surface area contributed by atoms with Crippen LogP contribution in [-0.4, -0.2) is 11.1 Å². The third-order valence-corrected chi connectivity index (χ3v) is 1.71. The Morgan fingerprint density at radius 1 is 1.70 bits per heavy atom. The maximum Gasteiger partial charge on any atom is 0.331 e. The van der Waals surface area contributed by atoms with Crippen molar-refractivity contribution in [2.24, 2.45) is 5.92 Å². The predicted octanol–water partition coefficient (Wildman–Crippen LogP) is 1.82. The van der Waals surface area contributed by atoms with E-state index in [1.54, 1.807) is 0 Å². The van der Waals surface area contributed by atoms with Gasteiger partial charge in [-0.2, -0.15) is 0 Å². The SMILES string of the molecule is CCC(=CC1CC1)C(=O)O. The first-order chi connectivity index (χ1) is 4.74. The maximum absolute atomic E-state index is 10.4. The molecule has 0 aliphatic heterocycles. The van der Waals surface area contributed by atoms with Gasteiger partial charge in [-0.25, -0.2) is 4.79 Å². The molecular formula is C8H12O2. The first kappa shape index (κ1) is 7.32. The zero-order chi connectivity index (χ0) is 7.56. The van der Waals surface area contributed by atoms with E-state index in [1.165, 1.54) is 12.8 Å². The fraction of sp³-hybridized carbons (Fsp3) is 0.625. The number of carboxylic acids is 1. The smallest absolute Gasteiger partial charge is 0.331 e. The summed E-state index contributed by atoms with van der Waals surface area (Å²) >= 11 is 0. The summed E-state index contributed by atoms with van der Waals surface area (Å²) in [4.78, 5) is 10.4. The van der Waals surface area contributed by atoms with Crippen molar-refractivity contribution in [1.82, 2.24) is 0 Å². The van der Waals surface area contributed by atoms with Crippen LogP contribution in [0, 0.1) is 5.92 Å². The molecule has 1 rings (SSSR count). The number of carboxylic acid groups (broad SMARTS) is 1. The summed E-state index contributed by atoms with van der Waals surface area (Å²) < 4.78 is 0. The molecule has 0 spiro atoms. The molecule has 0 heterocycles. The molecule has 0 saturated heterocycles. The number of hydrogen-bond acceptors (Lipinski definition) is 1. The average molecular weight is 140 g/mol. The molecule has 1 fully saturated rings. The average Bonchev–Trinajstić information content (AvgIpc) is 2.64. The number of aliphatic carboxylic acids is 1. The van der Waals surface area contributed by atoms with Gasteiger partial charge in [0.1, 0.15) is 0 Å². The number of allylic oxidation sites excluding steroid dienone is 1. The molecule has 0 atom stereocenters. The monoisotopic (exact) mass is 140 g/mol. The van der Waals surface area contributed by atoms with Crippen molar-refractivity contribution in [2.45, 2.75) is 26.2 Å². The Morgan fingerprint density at radius 2 is 2.30 bits per heavy atom. The number of rotatable bonds is 3. The molecule has 10 heavy (non-hydrogen) atoms. The summed E-state index contributed by atoms with van der Waals surface area (Å²) in [7, 11) is 0. The molecule has 0 aromatic carbocycles. The second-order valence-corrected chi connectivity index (χ2v) is 2.69. The Bertz CT molecular complexity index is 166.